The van der Waals surface area contributed by atoms with Crippen LogP contribution in [0.3, 0.4) is 0 Å². The predicted molar refractivity (Wildman–Crippen MR) is 94.6 cm³/mol. The molecule has 0 fully saturated rings. The number of carbonyl (C=O) groups is 1. The third-order valence-corrected chi connectivity index (χ3v) is 5.20. The van der Waals surface area contributed by atoms with E-state index in [4.69, 9.17) is 9.47 Å². The van der Waals surface area contributed by atoms with E-state index in [-0.39, 0.29) is 11.8 Å². The summed E-state index contributed by atoms with van der Waals surface area (Å²) in [6, 6.07) is 3.99. The number of aromatic nitrogens is 1. The molecule has 3 rings (SSSR count). The van der Waals surface area contributed by atoms with Gasteiger partial charge in [0.2, 0.25) is 0 Å². The van der Waals surface area contributed by atoms with Crippen LogP contribution in [0.2, 0.25) is 0 Å². The number of hydrogen-bond donors (Lipinski definition) is 0. The van der Waals surface area contributed by atoms with Gasteiger partial charge in [0.05, 0.1) is 10.2 Å². The number of amides is 1. The fraction of sp³-hybridized carbons (Fsp3) is 0.500. The molecule has 1 aliphatic rings. The molecule has 0 spiro atoms. The van der Waals surface area contributed by atoms with E-state index in [0.717, 1.165) is 38.8 Å². The quantitative estimate of drug-likeness (QED) is 0.849. The van der Waals surface area contributed by atoms with Crippen LogP contribution in [0.1, 0.15) is 13.8 Å². The highest BCUT2D eigenvalue weighted by atomic mass is 32.2. The van der Waals surface area contributed by atoms with Crippen molar-refractivity contribution < 1.29 is 14.3 Å². The Labute approximate surface area is 143 Å². The summed E-state index contributed by atoms with van der Waals surface area (Å²) in [6.45, 7) is 5.68. The molecule has 0 N–H and O–H groups in total. The largest absolute Gasteiger partial charge is 0.486 e. The number of thiazole rings is 1. The first-order valence-electron chi connectivity index (χ1n) is 7.60. The standard InChI is InChI=1S/C16H20N2O3S2/c1-10(2)15(19)17-16-18(4-7-22-3)11-8-12-13(9-14(11)23-16)21-6-5-20-12/h8-10H,4-7H2,1-3H3. The minimum Gasteiger partial charge on any atom is -0.486 e. The SMILES string of the molecule is CSCCn1c(=NC(=O)C(C)C)sc2cc3c(cc21)OCCO3. The molecule has 1 aliphatic heterocycles. The van der Waals surface area contributed by atoms with Gasteiger partial charge in [0.1, 0.15) is 13.2 Å². The Morgan fingerprint density at radius 1 is 1.35 bits per heavy atom. The normalized spacial score (nSPS) is 14.7. The lowest BCUT2D eigenvalue weighted by Gasteiger charge is -2.18. The van der Waals surface area contributed by atoms with E-state index < -0.39 is 0 Å². The summed E-state index contributed by atoms with van der Waals surface area (Å²) >= 11 is 3.30. The fourth-order valence-electron chi connectivity index (χ4n) is 2.31. The number of rotatable bonds is 4. The highest BCUT2D eigenvalue weighted by Crippen LogP contribution is 2.35. The molecule has 23 heavy (non-hydrogen) atoms. The van der Waals surface area contributed by atoms with Crippen LogP contribution >= 0.6 is 23.1 Å². The molecule has 5 nitrogen and oxygen atoms in total. The lowest BCUT2D eigenvalue weighted by Crippen LogP contribution is -2.20. The van der Waals surface area contributed by atoms with Crippen LogP contribution in [0.25, 0.3) is 10.2 Å². The van der Waals surface area contributed by atoms with Gasteiger partial charge in [-0.1, -0.05) is 25.2 Å². The van der Waals surface area contributed by atoms with Crippen LogP contribution in [0.15, 0.2) is 17.1 Å². The molecule has 0 bridgehead atoms. The fourth-order valence-corrected chi connectivity index (χ4v) is 3.75. The van der Waals surface area contributed by atoms with Gasteiger partial charge in [-0.3, -0.25) is 4.79 Å². The van der Waals surface area contributed by atoms with Crippen LogP contribution in [-0.4, -0.2) is 35.7 Å². The summed E-state index contributed by atoms with van der Waals surface area (Å²) in [4.78, 5) is 17.1. The van der Waals surface area contributed by atoms with E-state index in [0.29, 0.717) is 13.2 Å². The van der Waals surface area contributed by atoms with Crippen LogP contribution in [-0.2, 0) is 11.3 Å². The van der Waals surface area contributed by atoms with Crippen molar-refractivity contribution in [3.8, 4) is 11.5 Å². The van der Waals surface area contributed by atoms with Gasteiger partial charge in [0.25, 0.3) is 5.91 Å². The molecule has 7 heteroatoms. The smallest absolute Gasteiger partial charge is 0.250 e. The average molecular weight is 352 g/mol. The maximum atomic E-state index is 12.0. The van der Waals surface area contributed by atoms with Crippen molar-refractivity contribution in [2.24, 2.45) is 10.9 Å². The highest BCUT2D eigenvalue weighted by Gasteiger charge is 2.17. The highest BCUT2D eigenvalue weighted by molar-refractivity contribution is 7.98. The van der Waals surface area contributed by atoms with Gasteiger partial charge < -0.3 is 14.0 Å². The molecule has 2 aromatic rings. The number of benzene rings is 1. The zero-order chi connectivity index (χ0) is 16.4. The Morgan fingerprint density at radius 2 is 2.04 bits per heavy atom. The van der Waals surface area contributed by atoms with Gasteiger partial charge in [0.15, 0.2) is 16.3 Å². The second kappa shape index (κ2) is 6.97. The number of aryl methyl sites for hydroxylation is 1. The van der Waals surface area contributed by atoms with E-state index in [2.05, 4.69) is 15.8 Å². The number of carbonyl (C=O) groups excluding carboxylic acids is 1. The number of fused-ring (bicyclic) bond motifs is 2. The van der Waals surface area contributed by atoms with E-state index in [1.807, 2.05) is 26.0 Å². The predicted octanol–water partition coefficient (Wildman–Crippen LogP) is 2.92. The number of thioether (sulfide) groups is 1. The zero-order valence-electron chi connectivity index (χ0n) is 13.5. The van der Waals surface area contributed by atoms with Gasteiger partial charge in [-0.25, -0.2) is 0 Å². The summed E-state index contributed by atoms with van der Waals surface area (Å²) in [6.07, 6.45) is 2.07. The lowest BCUT2D eigenvalue weighted by molar-refractivity contribution is -0.120. The van der Waals surface area contributed by atoms with Gasteiger partial charge in [0, 0.05) is 30.3 Å². The summed E-state index contributed by atoms with van der Waals surface area (Å²) in [7, 11) is 0. The maximum Gasteiger partial charge on any atom is 0.250 e. The molecular weight excluding hydrogens is 332 g/mol. The van der Waals surface area contributed by atoms with Crippen LogP contribution < -0.4 is 14.3 Å². The minimum absolute atomic E-state index is 0.0910. The molecule has 1 aromatic carbocycles. The average Bonchev–Trinajstić information content (AvgIpc) is 2.86. The molecule has 0 saturated heterocycles. The minimum atomic E-state index is -0.103. The topological polar surface area (TPSA) is 52.8 Å². The van der Waals surface area contributed by atoms with Crippen molar-refractivity contribution in [2.75, 3.05) is 25.2 Å². The van der Waals surface area contributed by atoms with Crippen LogP contribution in [0.4, 0.5) is 0 Å². The Morgan fingerprint density at radius 3 is 2.70 bits per heavy atom. The Bertz CT molecular complexity index is 792. The van der Waals surface area contributed by atoms with Gasteiger partial charge >= 0.3 is 0 Å². The zero-order valence-corrected chi connectivity index (χ0v) is 15.1. The van der Waals surface area contributed by atoms with E-state index in [1.165, 1.54) is 11.3 Å². The Balaban J connectivity index is 2.16. The van der Waals surface area contributed by atoms with Crippen LogP contribution in [0.5, 0.6) is 11.5 Å². The molecule has 0 aliphatic carbocycles. The number of ether oxygens (including phenoxy) is 2. The van der Waals surface area contributed by atoms with E-state index in [9.17, 15) is 4.79 Å². The first-order chi connectivity index (χ1) is 11.1. The third kappa shape index (κ3) is 3.40. The van der Waals surface area contributed by atoms with Crippen molar-refractivity contribution in [1.29, 1.82) is 0 Å². The summed E-state index contributed by atoms with van der Waals surface area (Å²) in [5.41, 5.74) is 1.05. The Kier molecular flexibility index (Phi) is 4.96. The first kappa shape index (κ1) is 16.4. The van der Waals surface area contributed by atoms with Crippen molar-refractivity contribution in [3.63, 3.8) is 0 Å². The molecule has 0 atom stereocenters. The monoisotopic (exact) mass is 352 g/mol. The molecule has 0 saturated carbocycles. The van der Waals surface area contributed by atoms with Crippen molar-refractivity contribution in [3.05, 3.63) is 16.9 Å². The molecule has 124 valence electrons. The second-order valence-corrected chi connectivity index (χ2v) is 7.59. The van der Waals surface area contributed by atoms with E-state index >= 15 is 0 Å². The number of hydrogen-bond acceptors (Lipinski definition) is 5. The van der Waals surface area contributed by atoms with Crippen LogP contribution in [0, 0.1) is 5.92 Å². The van der Waals surface area contributed by atoms with Crippen molar-refractivity contribution in [2.45, 2.75) is 20.4 Å². The van der Waals surface area contributed by atoms with Gasteiger partial charge in [-0.2, -0.15) is 16.8 Å². The Hall–Kier alpha value is -1.47. The van der Waals surface area contributed by atoms with Crippen molar-refractivity contribution in [1.82, 2.24) is 4.57 Å². The first-order valence-corrected chi connectivity index (χ1v) is 9.81. The molecule has 0 radical (unpaired) electrons. The molecule has 1 amide bonds. The lowest BCUT2D eigenvalue weighted by atomic mass is 10.2. The summed E-state index contributed by atoms with van der Waals surface area (Å²) < 4.78 is 14.5. The van der Waals surface area contributed by atoms with E-state index in [1.54, 1.807) is 11.8 Å². The van der Waals surface area contributed by atoms with Crippen molar-refractivity contribution >= 4 is 39.2 Å². The maximum absolute atomic E-state index is 12.0. The molecule has 0 unspecified atom stereocenters. The summed E-state index contributed by atoms with van der Waals surface area (Å²) in [5, 5.41) is 0. The van der Waals surface area contributed by atoms with Gasteiger partial charge in [-0.15, -0.1) is 0 Å². The molecular formula is C16H20N2O3S2. The second-order valence-electron chi connectivity index (χ2n) is 5.60. The molecule has 1 aromatic heterocycles. The molecule has 2 heterocycles. The number of nitrogens with zero attached hydrogens (tertiary/aromatic N) is 2. The van der Waals surface area contributed by atoms with Gasteiger partial charge in [-0.05, 0) is 6.26 Å². The summed E-state index contributed by atoms with van der Waals surface area (Å²) in [5.74, 6) is 2.30. The third-order valence-electron chi connectivity index (χ3n) is 3.57.